The van der Waals surface area contributed by atoms with Gasteiger partial charge in [-0.25, -0.2) is 0 Å². The van der Waals surface area contributed by atoms with E-state index in [2.05, 4.69) is 41.9 Å². The van der Waals surface area contributed by atoms with E-state index in [4.69, 9.17) is 4.74 Å². The number of ether oxygens (including phenoxy) is 1. The number of nitrogens with zero attached hydrogens (tertiary/aromatic N) is 1. The maximum atomic E-state index is 6.21. The second-order valence-electron chi connectivity index (χ2n) is 7.60. The molecule has 1 saturated carbocycles. The lowest BCUT2D eigenvalue weighted by Crippen LogP contribution is -2.37. The van der Waals surface area contributed by atoms with Crippen molar-refractivity contribution in [3.8, 4) is 0 Å². The van der Waals surface area contributed by atoms with Crippen molar-refractivity contribution >= 4 is 0 Å². The van der Waals surface area contributed by atoms with Crippen LogP contribution in [0.25, 0.3) is 0 Å². The lowest BCUT2D eigenvalue weighted by atomic mass is 9.75. The molecule has 18 heavy (non-hydrogen) atoms. The van der Waals surface area contributed by atoms with Crippen LogP contribution in [0.2, 0.25) is 0 Å². The fraction of sp³-hybridized carbons (Fsp3) is 1.00. The van der Waals surface area contributed by atoms with Gasteiger partial charge in [-0.1, -0.05) is 27.2 Å². The standard InChI is InChI=1S/C16H34NO/c1-13(2)15-9-8-14(3)12-16(15)18-11-7-10-17(4,5)6/h13-16H,7-12H2,1-6H3/q+1/t14-,15-,16-/m1/s1. The first-order valence-corrected chi connectivity index (χ1v) is 7.71. The first-order valence-electron chi connectivity index (χ1n) is 7.71. The van der Waals surface area contributed by atoms with E-state index in [0.717, 1.165) is 28.8 Å². The molecule has 3 atom stereocenters. The van der Waals surface area contributed by atoms with E-state index in [1.54, 1.807) is 0 Å². The van der Waals surface area contributed by atoms with Crippen LogP contribution in [0.1, 0.15) is 46.5 Å². The Hall–Kier alpha value is -0.0800. The van der Waals surface area contributed by atoms with Crippen LogP contribution in [0.3, 0.4) is 0 Å². The average molecular weight is 256 g/mol. The van der Waals surface area contributed by atoms with Gasteiger partial charge in [0.15, 0.2) is 0 Å². The lowest BCUT2D eigenvalue weighted by molar-refractivity contribution is -0.870. The van der Waals surface area contributed by atoms with Crippen LogP contribution in [-0.2, 0) is 4.74 Å². The van der Waals surface area contributed by atoms with Crippen LogP contribution in [0.15, 0.2) is 0 Å². The van der Waals surface area contributed by atoms with Crippen molar-refractivity contribution in [1.82, 2.24) is 0 Å². The van der Waals surface area contributed by atoms with E-state index in [0.29, 0.717) is 6.10 Å². The van der Waals surface area contributed by atoms with E-state index < -0.39 is 0 Å². The minimum atomic E-state index is 0.515. The molecule has 0 amide bonds. The summed E-state index contributed by atoms with van der Waals surface area (Å²) >= 11 is 0. The molecule has 1 rings (SSSR count). The predicted octanol–water partition coefficient (Wildman–Crippen LogP) is 3.56. The van der Waals surface area contributed by atoms with Gasteiger partial charge in [-0.3, -0.25) is 0 Å². The highest BCUT2D eigenvalue weighted by atomic mass is 16.5. The third kappa shape index (κ3) is 5.71. The predicted molar refractivity (Wildman–Crippen MR) is 78.6 cm³/mol. The van der Waals surface area contributed by atoms with Crippen molar-refractivity contribution in [2.45, 2.75) is 52.6 Å². The maximum absolute atomic E-state index is 6.21. The SMILES string of the molecule is CC(C)[C@H]1CC[C@@H](C)C[C@H]1OCCC[N+](C)(C)C. The highest BCUT2D eigenvalue weighted by Gasteiger charge is 2.31. The number of quaternary nitrogens is 1. The summed E-state index contributed by atoms with van der Waals surface area (Å²) in [5.41, 5.74) is 0. The van der Waals surface area contributed by atoms with Gasteiger partial charge in [0.2, 0.25) is 0 Å². The van der Waals surface area contributed by atoms with Crippen LogP contribution in [0.5, 0.6) is 0 Å². The summed E-state index contributed by atoms with van der Waals surface area (Å²) in [6, 6.07) is 0. The third-order valence-electron chi connectivity index (χ3n) is 4.27. The summed E-state index contributed by atoms with van der Waals surface area (Å²) in [5.74, 6) is 2.40. The molecule has 2 heteroatoms. The van der Waals surface area contributed by atoms with Crippen molar-refractivity contribution in [1.29, 1.82) is 0 Å². The minimum Gasteiger partial charge on any atom is -0.378 e. The average Bonchev–Trinajstić information content (AvgIpc) is 2.22. The Morgan fingerprint density at radius 1 is 1.17 bits per heavy atom. The molecule has 0 heterocycles. The van der Waals surface area contributed by atoms with Crippen molar-refractivity contribution in [3.05, 3.63) is 0 Å². The monoisotopic (exact) mass is 256 g/mol. The zero-order chi connectivity index (χ0) is 13.8. The topological polar surface area (TPSA) is 9.23 Å². The minimum absolute atomic E-state index is 0.515. The van der Waals surface area contributed by atoms with Gasteiger partial charge in [-0.05, 0) is 30.6 Å². The van der Waals surface area contributed by atoms with Crippen molar-refractivity contribution < 1.29 is 9.22 Å². The van der Waals surface area contributed by atoms with Gasteiger partial charge in [0.05, 0.1) is 40.4 Å². The molecule has 1 aliphatic carbocycles. The molecule has 0 unspecified atom stereocenters. The van der Waals surface area contributed by atoms with Crippen molar-refractivity contribution in [3.63, 3.8) is 0 Å². The second kappa shape index (κ2) is 6.91. The van der Waals surface area contributed by atoms with E-state index in [9.17, 15) is 0 Å². The summed E-state index contributed by atoms with van der Waals surface area (Å²) in [4.78, 5) is 0. The lowest BCUT2D eigenvalue weighted by Gasteiger charge is -2.37. The van der Waals surface area contributed by atoms with Crippen LogP contribution in [-0.4, -0.2) is 44.9 Å². The van der Waals surface area contributed by atoms with E-state index >= 15 is 0 Å². The quantitative estimate of drug-likeness (QED) is 0.521. The zero-order valence-electron chi connectivity index (χ0n) is 13.4. The van der Waals surface area contributed by atoms with Gasteiger partial charge in [-0.2, -0.15) is 0 Å². The summed E-state index contributed by atoms with van der Waals surface area (Å²) < 4.78 is 7.25. The molecule has 0 aliphatic heterocycles. The Kier molecular flexibility index (Phi) is 6.13. The van der Waals surface area contributed by atoms with Crippen molar-refractivity contribution in [2.75, 3.05) is 34.3 Å². The van der Waals surface area contributed by atoms with Gasteiger partial charge in [-0.15, -0.1) is 0 Å². The molecule has 0 spiro atoms. The highest BCUT2D eigenvalue weighted by Crippen LogP contribution is 2.35. The molecule has 2 nitrogen and oxygen atoms in total. The fourth-order valence-electron chi connectivity index (χ4n) is 3.08. The Morgan fingerprint density at radius 2 is 1.83 bits per heavy atom. The molecular weight excluding hydrogens is 222 g/mol. The maximum Gasteiger partial charge on any atom is 0.0802 e. The number of hydrogen-bond acceptors (Lipinski definition) is 1. The first kappa shape index (κ1) is 16.0. The molecule has 1 aliphatic rings. The second-order valence-corrected chi connectivity index (χ2v) is 7.60. The Balaban J connectivity index is 2.32. The molecule has 0 N–H and O–H groups in total. The number of hydrogen-bond donors (Lipinski definition) is 0. The summed E-state index contributed by atoms with van der Waals surface area (Å²) in [5, 5.41) is 0. The van der Waals surface area contributed by atoms with E-state index in [1.807, 2.05) is 0 Å². The van der Waals surface area contributed by atoms with Crippen molar-refractivity contribution in [2.24, 2.45) is 17.8 Å². The first-order chi connectivity index (χ1) is 8.29. The van der Waals surface area contributed by atoms with Gasteiger partial charge < -0.3 is 9.22 Å². The molecule has 0 saturated heterocycles. The molecule has 0 aromatic heterocycles. The molecular formula is C16H34NO+. The Labute approximate surface area is 114 Å². The highest BCUT2D eigenvalue weighted by molar-refractivity contribution is 4.81. The summed E-state index contributed by atoms with van der Waals surface area (Å²) in [6.45, 7) is 9.22. The smallest absolute Gasteiger partial charge is 0.0802 e. The molecule has 0 radical (unpaired) electrons. The van der Waals surface area contributed by atoms with Gasteiger partial charge >= 0.3 is 0 Å². The van der Waals surface area contributed by atoms with Crippen LogP contribution in [0.4, 0.5) is 0 Å². The summed E-state index contributed by atoms with van der Waals surface area (Å²) in [7, 11) is 6.75. The van der Waals surface area contributed by atoms with E-state index in [-0.39, 0.29) is 0 Å². The van der Waals surface area contributed by atoms with E-state index in [1.165, 1.54) is 32.2 Å². The third-order valence-corrected chi connectivity index (χ3v) is 4.27. The molecule has 0 aromatic rings. The molecule has 0 bridgehead atoms. The largest absolute Gasteiger partial charge is 0.378 e. The van der Waals surface area contributed by atoms with Gasteiger partial charge in [0, 0.05) is 6.42 Å². The zero-order valence-corrected chi connectivity index (χ0v) is 13.4. The Morgan fingerprint density at radius 3 is 2.39 bits per heavy atom. The number of rotatable bonds is 6. The Bertz CT molecular complexity index is 232. The van der Waals surface area contributed by atoms with Crippen LogP contribution in [0, 0.1) is 17.8 Å². The van der Waals surface area contributed by atoms with Gasteiger partial charge in [0.1, 0.15) is 0 Å². The fourth-order valence-corrected chi connectivity index (χ4v) is 3.08. The van der Waals surface area contributed by atoms with Crippen LogP contribution < -0.4 is 0 Å². The molecule has 108 valence electrons. The molecule has 1 fully saturated rings. The normalized spacial score (nSPS) is 29.8. The molecule has 0 aromatic carbocycles. The van der Waals surface area contributed by atoms with Gasteiger partial charge in [0.25, 0.3) is 0 Å². The van der Waals surface area contributed by atoms with Crippen LogP contribution >= 0.6 is 0 Å². The summed E-state index contributed by atoms with van der Waals surface area (Å²) in [6.07, 6.45) is 5.72.